The van der Waals surface area contributed by atoms with Gasteiger partial charge in [-0.1, -0.05) is 65.7 Å². The van der Waals surface area contributed by atoms with Crippen LogP contribution in [0, 0.1) is 0 Å². The van der Waals surface area contributed by atoms with Crippen LogP contribution in [-0.4, -0.2) is 44.3 Å². The highest BCUT2D eigenvalue weighted by molar-refractivity contribution is 7.90. The Kier molecular flexibility index (Phi) is 9.09. The van der Waals surface area contributed by atoms with Gasteiger partial charge in [0.05, 0.1) is 10.9 Å². The summed E-state index contributed by atoms with van der Waals surface area (Å²) >= 11 is 11.0. The summed E-state index contributed by atoms with van der Waals surface area (Å²) in [5.74, 6) is -0.884. The number of rotatable bonds is 9. The first kappa shape index (κ1) is 24.9. The molecule has 0 heterocycles. The number of halogens is 3. The molecule has 0 unspecified atom stereocenters. The van der Waals surface area contributed by atoms with Gasteiger partial charge in [0, 0.05) is 6.26 Å². The molecule has 31 heavy (non-hydrogen) atoms. The first-order valence-electron chi connectivity index (χ1n) is 8.93. The molecule has 11 heteroatoms. The Morgan fingerprint density at radius 1 is 1.06 bits per heavy atom. The number of ether oxygens (including phenoxy) is 2. The monoisotopic (exact) mass is 491 g/mol. The average molecular weight is 492 g/mol. The van der Waals surface area contributed by atoms with Crippen molar-refractivity contribution in [1.82, 2.24) is 5.32 Å². The van der Waals surface area contributed by atoms with Gasteiger partial charge in [0.15, 0.2) is 20.8 Å². The van der Waals surface area contributed by atoms with Gasteiger partial charge >= 0.3 is 6.16 Å². The summed E-state index contributed by atoms with van der Waals surface area (Å²) in [7, 11) is -3.47. The maximum Gasteiger partial charge on any atom is 0.509 e. The molecule has 0 aliphatic heterocycles. The zero-order valence-corrected chi connectivity index (χ0v) is 18.7. The van der Waals surface area contributed by atoms with Crippen molar-refractivity contribution in [2.24, 2.45) is 0 Å². The zero-order chi connectivity index (χ0) is 23.0. The van der Waals surface area contributed by atoms with Gasteiger partial charge in [0.25, 0.3) is 5.91 Å². The molecule has 7 nitrogen and oxygen atoms in total. The van der Waals surface area contributed by atoms with E-state index in [1.54, 1.807) is 30.3 Å². The molecule has 0 spiro atoms. The van der Waals surface area contributed by atoms with Crippen molar-refractivity contribution in [3.8, 4) is 0 Å². The number of amides is 1. The molecule has 2 aromatic rings. The zero-order valence-electron chi connectivity index (χ0n) is 16.3. The molecular formula is C20H20Cl2FNO6S. The van der Waals surface area contributed by atoms with Crippen molar-refractivity contribution in [2.45, 2.75) is 28.5 Å². The van der Waals surface area contributed by atoms with Crippen LogP contribution in [-0.2, 0) is 30.7 Å². The predicted molar refractivity (Wildman–Crippen MR) is 113 cm³/mol. The molecule has 2 aromatic carbocycles. The fraction of sp³-hybridized carbons (Fsp3) is 0.300. The van der Waals surface area contributed by atoms with Gasteiger partial charge < -0.3 is 14.8 Å². The average Bonchev–Trinajstić information content (AvgIpc) is 2.74. The summed E-state index contributed by atoms with van der Waals surface area (Å²) in [5.41, 5.74) is 0.934. The standard InChI is InChI=1S/C20H20Cl2FNO6S/c1-31(27,28)15-9-7-14(8-10-15)17(16(11-23)24-19(25)18(21)22)30-20(26)29-12-13-5-3-2-4-6-13/h2-10,16-18H,11-12H2,1H3,(H,24,25)/t16-,17-/m1/s1. The lowest BCUT2D eigenvalue weighted by molar-refractivity contribution is -0.121. The molecule has 1 N–H and O–H groups in total. The van der Waals surface area contributed by atoms with E-state index in [9.17, 15) is 22.4 Å². The van der Waals surface area contributed by atoms with E-state index < -0.39 is 45.6 Å². The van der Waals surface area contributed by atoms with Crippen LogP contribution in [0.3, 0.4) is 0 Å². The fourth-order valence-electron chi connectivity index (χ4n) is 2.58. The highest BCUT2D eigenvalue weighted by Gasteiger charge is 2.31. The number of alkyl halides is 3. The minimum atomic E-state index is -3.47. The molecule has 0 radical (unpaired) electrons. The molecule has 0 saturated heterocycles. The largest absolute Gasteiger partial charge is 0.509 e. The molecule has 0 bridgehead atoms. The third kappa shape index (κ3) is 7.68. The van der Waals surface area contributed by atoms with Gasteiger partial charge in [-0.05, 0) is 23.3 Å². The summed E-state index contributed by atoms with van der Waals surface area (Å²) in [6, 6.07) is 12.7. The van der Waals surface area contributed by atoms with E-state index in [4.69, 9.17) is 32.7 Å². The lowest BCUT2D eigenvalue weighted by Crippen LogP contribution is -2.44. The smallest absolute Gasteiger partial charge is 0.429 e. The Morgan fingerprint density at radius 3 is 2.19 bits per heavy atom. The predicted octanol–water partition coefficient (Wildman–Crippen LogP) is 3.74. The van der Waals surface area contributed by atoms with Gasteiger partial charge in [0.2, 0.25) is 0 Å². The summed E-state index contributed by atoms with van der Waals surface area (Å²) in [5, 5.41) is 2.26. The Bertz CT molecular complexity index is 986. The number of benzene rings is 2. The van der Waals surface area contributed by atoms with E-state index in [-0.39, 0.29) is 17.1 Å². The second-order valence-electron chi connectivity index (χ2n) is 6.47. The van der Waals surface area contributed by atoms with Crippen LogP contribution < -0.4 is 5.32 Å². The van der Waals surface area contributed by atoms with E-state index in [0.29, 0.717) is 5.56 Å². The molecule has 0 aliphatic carbocycles. The number of carbonyl (C=O) groups excluding carboxylic acids is 2. The summed E-state index contributed by atoms with van der Waals surface area (Å²) < 4.78 is 47.4. The summed E-state index contributed by atoms with van der Waals surface area (Å²) in [6.45, 7) is -1.21. The van der Waals surface area contributed by atoms with Crippen molar-refractivity contribution in [1.29, 1.82) is 0 Å². The van der Waals surface area contributed by atoms with Crippen molar-refractivity contribution in [2.75, 3.05) is 12.9 Å². The van der Waals surface area contributed by atoms with E-state index in [0.717, 1.165) is 6.26 Å². The van der Waals surface area contributed by atoms with Crippen LogP contribution in [0.4, 0.5) is 9.18 Å². The van der Waals surface area contributed by atoms with E-state index in [1.807, 2.05) is 0 Å². The van der Waals surface area contributed by atoms with Gasteiger partial charge in [-0.25, -0.2) is 17.6 Å². The lowest BCUT2D eigenvalue weighted by atomic mass is 10.0. The summed E-state index contributed by atoms with van der Waals surface area (Å²) in [4.78, 5) is 22.6. The maximum absolute atomic E-state index is 13.8. The van der Waals surface area contributed by atoms with Crippen molar-refractivity contribution in [3.63, 3.8) is 0 Å². The number of hydrogen-bond acceptors (Lipinski definition) is 6. The van der Waals surface area contributed by atoms with Crippen molar-refractivity contribution in [3.05, 3.63) is 65.7 Å². The fourth-order valence-corrected chi connectivity index (χ4v) is 3.34. The first-order valence-corrected chi connectivity index (χ1v) is 11.7. The van der Waals surface area contributed by atoms with Gasteiger partial charge in [-0.2, -0.15) is 0 Å². The van der Waals surface area contributed by atoms with Crippen LogP contribution in [0.25, 0.3) is 0 Å². The normalized spacial score (nSPS) is 13.3. The molecule has 168 valence electrons. The Labute approximate surface area is 189 Å². The number of hydrogen-bond donors (Lipinski definition) is 1. The van der Waals surface area contributed by atoms with Crippen molar-refractivity contribution >= 4 is 45.1 Å². The topological polar surface area (TPSA) is 98.8 Å². The van der Waals surface area contributed by atoms with Crippen LogP contribution in [0.1, 0.15) is 17.2 Å². The molecular weight excluding hydrogens is 472 g/mol. The van der Waals surface area contributed by atoms with E-state index in [1.165, 1.54) is 24.3 Å². The van der Waals surface area contributed by atoms with Crippen LogP contribution in [0.5, 0.6) is 0 Å². The third-order valence-electron chi connectivity index (χ3n) is 4.12. The summed E-state index contributed by atoms with van der Waals surface area (Å²) in [6.07, 6.45) is -1.41. The molecule has 0 aliphatic rings. The SMILES string of the molecule is CS(=O)(=O)c1ccc([C@@H](OC(=O)OCc2ccccc2)[C@@H](CF)NC(=O)C(Cl)Cl)cc1. The molecule has 2 rings (SSSR count). The minimum Gasteiger partial charge on any atom is -0.429 e. The highest BCUT2D eigenvalue weighted by Crippen LogP contribution is 2.25. The molecule has 0 aromatic heterocycles. The van der Waals surface area contributed by atoms with E-state index in [2.05, 4.69) is 5.32 Å². The molecule has 1 amide bonds. The maximum atomic E-state index is 13.8. The second-order valence-corrected chi connectivity index (χ2v) is 9.59. The Hall–Kier alpha value is -2.36. The Balaban J connectivity index is 2.23. The van der Waals surface area contributed by atoms with Crippen LogP contribution in [0.2, 0.25) is 0 Å². The van der Waals surface area contributed by atoms with Gasteiger partial charge in [-0.3, -0.25) is 4.79 Å². The molecule has 0 saturated carbocycles. The quantitative estimate of drug-likeness (QED) is 0.423. The molecule has 2 atom stereocenters. The Morgan fingerprint density at radius 2 is 1.68 bits per heavy atom. The number of carbonyl (C=O) groups is 2. The highest BCUT2D eigenvalue weighted by atomic mass is 35.5. The molecule has 0 fully saturated rings. The van der Waals surface area contributed by atoms with Crippen LogP contribution >= 0.6 is 23.2 Å². The second kappa shape index (κ2) is 11.3. The first-order chi connectivity index (χ1) is 14.6. The lowest BCUT2D eigenvalue weighted by Gasteiger charge is -2.26. The number of nitrogens with one attached hydrogen (secondary N) is 1. The van der Waals surface area contributed by atoms with Crippen LogP contribution in [0.15, 0.2) is 59.5 Å². The van der Waals surface area contributed by atoms with E-state index >= 15 is 0 Å². The van der Waals surface area contributed by atoms with Gasteiger partial charge in [-0.15, -0.1) is 0 Å². The minimum absolute atomic E-state index is 0.0177. The van der Waals surface area contributed by atoms with Crippen molar-refractivity contribution < 1.29 is 31.9 Å². The van der Waals surface area contributed by atoms with Gasteiger partial charge in [0.1, 0.15) is 13.3 Å². The number of sulfone groups is 1. The third-order valence-corrected chi connectivity index (χ3v) is 5.64.